The zero-order chi connectivity index (χ0) is 21.0. The number of aromatic nitrogens is 1. The molecule has 5 heteroatoms. The van der Waals surface area contributed by atoms with Gasteiger partial charge in [0.1, 0.15) is 0 Å². The lowest BCUT2D eigenvalue weighted by molar-refractivity contribution is -0.130. The number of nitrogens with zero attached hydrogens (tertiary/aromatic N) is 1. The van der Waals surface area contributed by atoms with Gasteiger partial charge in [0, 0.05) is 16.6 Å². The van der Waals surface area contributed by atoms with Crippen molar-refractivity contribution in [1.82, 2.24) is 10.3 Å². The van der Waals surface area contributed by atoms with Crippen LogP contribution in [0.2, 0.25) is 0 Å². The Balaban J connectivity index is 1.19. The smallest absolute Gasteiger partial charge is 0.339 e. The van der Waals surface area contributed by atoms with Gasteiger partial charge in [0.25, 0.3) is 5.91 Å². The van der Waals surface area contributed by atoms with E-state index >= 15 is 0 Å². The molecular formula is C26H30N2O3. The maximum Gasteiger partial charge on any atom is 0.339 e. The summed E-state index contributed by atoms with van der Waals surface area (Å²) in [6.07, 6.45) is 11.2. The van der Waals surface area contributed by atoms with E-state index in [0.29, 0.717) is 5.56 Å². The quantitative estimate of drug-likeness (QED) is 0.750. The van der Waals surface area contributed by atoms with E-state index in [1.165, 1.54) is 19.3 Å². The molecule has 0 unspecified atom stereocenters. The van der Waals surface area contributed by atoms with Crippen molar-refractivity contribution in [2.24, 2.45) is 17.8 Å². The molecule has 31 heavy (non-hydrogen) atoms. The van der Waals surface area contributed by atoms with E-state index in [4.69, 9.17) is 9.72 Å². The number of hydrogen-bond donors (Lipinski definition) is 1. The Bertz CT molecular complexity index is 1020. The van der Waals surface area contributed by atoms with Crippen LogP contribution in [-0.4, -0.2) is 29.0 Å². The number of aryl methyl sites for hydroxylation is 1. The number of para-hydroxylation sites is 1. The molecule has 162 valence electrons. The van der Waals surface area contributed by atoms with Gasteiger partial charge in [-0.15, -0.1) is 0 Å². The number of amides is 1. The molecule has 0 spiro atoms. The number of rotatable bonds is 4. The summed E-state index contributed by atoms with van der Waals surface area (Å²) >= 11 is 0. The Morgan fingerprint density at radius 1 is 1.00 bits per heavy atom. The lowest BCUT2D eigenvalue weighted by atomic mass is 9.53. The summed E-state index contributed by atoms with van der Waals surface area (Å²) in [5, 5.41) is 4.13. The Kier molecular flexibility index (Phi) is 4.55. The number of esters is 1. The summed E-state index contributed by atoms with van der Waals surface area (Å²) in [6.45, 7) is -0.202. The zero-order valence-corrected chi connectivity index (χ0v) is 18.0. The maximum absolute atomic E-state index is 13.2. The van der Waals surface area contributed by atoms with Gasteiger partial charge in [-0.2, -0.15) is 0 Å². The molecule has 0 atom stereocenters. The minimum absolute atomic E-state index is 0.0548. The number of carbonyl (C=O) groups excluding carboxylic acids is 2. The van der Waals surface area contributed by atoms with Crippen molar-refractivity contribution in [3.8, 4) is 0 Å². The highest BCUT2D eigenvalue weighted by Gasteiger charge is 2.51. The van der Waals surface area contributed by atoms with Crippen molar-refractivity contribution < 1.29 is 14.3 Å². The van der Waals surface area contributed by atoms with E-state index in [1.807, 2.05) is 24.3 Å². The molecule has 1 aromatic heterocycles. The second-order valence-corrected chi connectivity index (χ2v) is 10.5. The predicted octanol–water partition coefficient (Wildman–Crippen LogP) is 4.36. The Morgan fingerprint density at radius 3 is 2.42 bits per heavy atom. The van der Waals surface area contributed by atoms with Gasteiger partial charge in [0.15, 0.2) is 6.61 Å². The SMILES string of the molecule is O=C(COC(=O)c1c2c(nc3ccccc13)CCCC2)NC12CC3CC(CC(C3)C1)C2. The highest BCUT2D eigenvalue weighted by atomic mass is 16.5. The number of carbonyl (C=O) groups is 2. The fourth-order valence-electron chi connectivity index (χ4n) is 7.40. The fraction of sp³-hybridized carbons (Fsp3) is 0.577. The molecule has 2 aromatic rings. The summed E-state index contributed by atoms with van der Waals surface area (Å²) in [5.74, 6) is 1.76. The lowest BCUT2D eigenvalue weighted by Crippen LogP contribution is -2.60. The molecule has 4 saturated carbocycles. The van der Waals surface area contributed by atoms with Crippen LogP contribution >= 0.6 is 0 Å². The van der Waals surface area contributed by atoms with E-state index in [1.54, 1.807) is 0 Å². The molecule has 5 aliphatic rings. The van der Waals surface area contributed by atoms with Crippen LogP contribution in [-0.2, 0) is 22.4 Å². The Morgan fingerprint density at radius 2 is 1.68 bits per heavy atom. The van der Waals surface area contributed by atoms with Crippen LogP contribution in [0.15, 0.2) is 24.3 Å². The molecule has 5 aliphatic carbocycles. The summed E-state index contributed by atoms with van der Waals surface area (Å²) in [6, 6.07) is 7.75. The van der Waals surface area contributed by atoms with E-state index in [-0.39, 0.29) is 18.1 Å². The van der Waals surface area contributed by atoms with Crippen LogP contribution in [0.3, 0.4) is 0 Å². The van der Waals surface area contributed by atoms with Gasteiger partial charge in [-0.1, -0.05) is 18.2 Å². The Hall–Kier alpha value is -2.43. The second-order valence-electron chi connectivity index (χ2n) is 10.5. The highest BCUT2D eigenvalue weighted by Crippen LogP contribution is 2.55. The molecule has 4 bridgehead atoms. The van der Waals surface area contributed by atoms with Crippen LogP contribution in [0.25, 0.3) is 10.9 Å². The highest BCUT2D eigenvalue weighted by molar-refractivity contribution is 6.05. The number of ether oxygens (including phenoxy) is 1. The number of pyridine rings is 1. The average Bonchev–Trinajstić information content (AvgIpc) is 2.74. The molecule has 1 aromatic carbocycles. The van der Waals surface area contributed by atoms with Crippen LogP contribution in [0.5, 0.6) is 0 Å². The normalized spacial score (nSPS) is 30.8. The molecule has 0 radical (unpaired) electrons. The van der Waals surface area contributed by atoms with Crippen molar-refractivity contribution in [2.75, 3.05) is 6.61 Å². The fourth-order valence-corrected chi connectivity index (χ4v) is 7.40. The second kappa shape index (κ2) is 7.32. The van der Waals surface area contributed by atoms with Gasteiger partial charge in [-0.05, 0) is 93.6 Å². The monoisotopic (exact) mass is 418 g/mol. The number of fused-ring (bicyclic) bond motifs is 2. The molecule has 7 rings (SSSR count). The number of benzene rings is 1. The third-order valence-corrected chi connectivity index (χ3v) is 8.15. The molecule has 1 heterocycles. The average molecular weight is 419 g/mol. The minimum atomic E-state index is -0.391. The predicted molar refractivity (Wildman–Crippen MR) is 118 cm³/mol. The summed E-state index contributed by atoms with van der Waals surface area (Å²) in [4.78, 5) is 30.8. The van der Waals surface area contributed by atoms with Crippen LogP contribution in [0.1, 0.15) is 73.0 Å². The lowest BCUT2D eigenvalue weighted by Gasteiger charge is -2.56. The third kappa shape index (κ3) is 3.42. The Labute approximate surface area is 182 Å². The van der Waals surface area contributed by atoms with E-state index in [9.17, 15) is 9.59 Å². The van der Waals surface area contributed by atoms with Crippen LogP contribution in [0, 0.1) is 17.8 Å². The van der Waals surface area contributed by atoms with Gasteiger partial charge in [0.05, 0.1) is 11.1 Å². The van der Waals surface area contributed by atoms with Crippen molar-refractivity contribution in [1.29, 1.82) is 0 Å². The van der Waals surface area contributed by atoms with Crippen LogP contribution < -0.4 is 5.32 Å². The van der Waals surface area contributed by atoms with Gasteiger partial charge in [-0.3, -0.25) is 9.78 Å². The van der Waals surface area contributed by atoms with Gasteiger partial charge in [0.2, 0.25) is 0 Å². The third-order valence-electron chi connectivity index (χ3n) is 8.15. The van der Waals surface area contributed by atoms with Gasteiger partial charge >= 0.3 is 5.97 Å². The first-order valence-corrected chi connectivity index (χ1v) is 12.0. The van der Waals surface area contributed by atoms with Gasteiger partial charge in [-0.25, -0.2) is 4.79 Å². The molecule has 5 nitrogen and oxygen atoms in total. The standard InChI is InChI=1S/C26H30N2O3/c29-23(28-26-12-16-9-17(13-26)11-18(10-16)14-26)15-31-25(30)24-19-5-1-3-7-21(19)27-22-8-4-2-6-20(22)24/h1,3,5,7,16-18H,2,4,6,8-15H2,(H,28,29). The van der Waals surface area contributed by atoms with E-state index in [2.05, 4.69) is 5.32 Å². The number of nitrogens with one attached hydrogen (secondary N) is 1. The minimum Gasteiger partial charge on any atom is -0.452 e. The molecule has 1 amide bonds. The molecule has 4 fully saturated rings. The molecule has 0 saturated heterocycles. The summed E-state index contributed by atoms with van der Waals surface area (Å²) in [7, 11) is 0. The van der Waals surface area contributed by atoms with Crippen molar-refractivity contribution >= 4 is 22.8 Å². The zero-order valence-electron chi connectivity index (χ0n) is 18.0. The van der Waals surface area contributed by atoms with Gasteiger partial charge < -0.3 is 10.1 Å². The van der Waals surface area contributed by atoms with Crippen molar-refractivity contribution in [3.63, 3.8) is 0 Å². The largest absolute Gasteiger partial charge is 0.452 e. The van der Waals surface area contributed by atoms with Crippen molar-refractivity contribution in [3.05, 3.63) is 41.1 Å². The van der Waals surface area contributed by atoms with E-state index in [0.717, 1.165) is 84.9 Å². The first-order valence-electron chi connectivity index (χ1n) is 12.0. The maximum atomic E-state index is 13.2. The molecular weight excluding hydrogens is 388 g/mol. The first kappa shape index (κ1) is 19.3. The van der Waals surface area contributed by atoms with E-state index < -0.39 is 5.97 Å². The first-order chi connectivity index (χ1) is 15.1. The topological polar surface area (TPSA) is 68.3 Å². The molecule has 1 N–H and O–H groups in total. The summed E-state index contributed by atoms with van der Waals surface area (Å²) < 4.78 is 5.60. The number of hydrogen-bond acceptors (Lipinski definition) is 4. The van der Waals surface area contributed by atoms with Crippen LogP contribution in [0.4, 0.5) is 0 Å². The molecule has 0 aliphatic heterocycles. The van der Waals surface area contributed by atoms with Crippen molar-refractivity contribution in [2.45, 2.75) is 69.7 Å². The summed E-state index contributed by atoms with van der Waals surface area (Å²) in [5.41, 5.74) is 3.41.